The van der Waals surface area contributed by atoms with Gasteiger partial charge in [-0.25, -0.2) is 0 Å². The van der Waals surface area contributed by atoms with Gasteiger partial charge in [0.15, 0.2) is 11.6 Å². The molecule has 0 spiro atoms. The number of hydrogen-bond acceptors (Lipinski definition) is 6. The number of rotatable bonds is 8. The molecule has 1 N–H and O–H groups in total. The summed E-state index contributed by atoms with van der Waals surface area (Å²) in [4.78, 5) is 14.9. The molecule has 8 nitrogen and oxygen atoms in total. The topological polar surface area (TPSA) is 85.4 Å². The Hall–Kier alpha value is -3.75. The number of aryl methyl sites for hydroxylation is 1. The minimum Gasteiger partial charge on any atom is -0.453 e. The molecule has 1 aliphatic heterocycles. The van der Waals surface area contributed by atoms with E-state index < -0.39 is 0 Å². The predicted octanol–water partition coefficient (Wildman–Crippen LogP) is 3.98. The summed E-state index contributed by atoms with van der Waals surface area (Å²) in [6, 6.07) is 20.7. The molecular formula is C28H31N5O3. The van der Waals surface area contributed by atoms with Gasteiger partial charge in [-0.3, -0.25) is 9.69 Å². The number of carbonyl (C=O) groups excluding carboxylic acids is 1. The number of amides is 1. The summed E-state index contributed by atoms with van der Waals surface area (Å²) in [5.41, 5.74) is 5.10. The molecule has 4 aromatic rings. The number of methoxy groups -OCH3 is 1. The Morgan fingerprint density at radius 1 is 1.03 bits per heavy atom. The predicted molar refractivity (Wildman–Crippen MR) is 136 cm³/mol. The molecule has 0 saturated carbocycles. The van der Waals surface area contributed by atoms with Crippen LogP contribution in [0.15, 0.2) is 65.1 Å². The molecule has 1 aliphatic rings. The second-order valence-corrected chi connectivity index (χ2v) is 9.10. The molecule has 2 aromatic carbocycles. The highest BCUT2D eigenvalue weighted by molar-refractivity contribution is 5.91. The Morgan fingerprint density at radius 2 is 1.86 bits per heavy atom. The monoisotopic (exact) mass is 485 g/mol. The Labute approximate surface area is 210 Å². The zero-order chi connectivity index (χ0) is 24.9. The molecule has 8 heteroatoms. The first-order chi connectivity index (χ1) is 17.6. The molecule has 2 aromatic heterocycles. The van der Waals surface area contributed by atoms with E-state index in [1.807, 2.05) is 0 Å². The highest BCUT2D eigenvalue weighted by Crippen LogP contribution is 2.24. The van der Waals surface area contributed by atoms with Crippen LogP contribution in [0.1, 0.15) is 39.1 Å². The molecule has 5 rings (SSSR count). The van der Waals surface area contributed by atoms with Gasteiger partial charge in [-0.15, -0.1) is 10.2 Å². The van der Waals surface area contributed by atoms with E-state index in [9.17, 15) is 4.79 Å². The molecule has 36 heavy (non-hydrogen) atoms. The number of furan rings is 1. The molecule has 0 aliphatic carbocycles. The van der Waals surface area contributed by atoms with Gasteiger partial charge in [0.05, 0.1) is 6.54 Å². The van der Waals surface area contributed by atoms with E-state index in [4.69, 9.17) is 9.15 Å². The van der Waals surface area contributed by atoms with Crippen molar-refractivity contribution in [3.05, 3.63) is 95.0 Å². The molecule has 0 radical (unpaired) electrons. The summed E-state index contributed by atoms with van der Waals surface area (Å²) in [6.45, 7) is 6.26. The molecule has 0 fully saturated rings. The Bertz CT molecular complexity index is 1330. The molecule has 3 heterocycles. The fraction of sp³-hybridized carbons (Fsp3) is 0.321. The second-order valence-electron chi connectivity index (χ2n) is 9.10. The van der Waals surface area contributed by atoms with E-state index in [1.165, 1.54) is 22.3 Å². The van der Waals surface area contributed by atoms with Crippen LogP contribution in [-0.4, -0.2) is 45.8 Å². The van der Waals surface area contributed by atoms with Gasteiger partial charge in [0.25, 0.3) is 5.91 Å². The van der Waals surface area contributed by atoms with Crippen LogP contribution in [0.2, 0.25) is 0 Å². The smallest absolute Gasteiger partial charge is 0.287 e. The minimum atomic E-state index is -0.279. The number of benzene rings is 2. The third-order valence-corrected chi connectivity index (χ3v) is 6.59. The molecule has 186 valence electrons. The van der Waals surface area contributed by atoms with Crippen LogP contribution >= 0.6 is 0 Å². The van der Waals surface area contributed by atoms with Crippen LogP contribution in [0.3, 0.4) is 0 Å². The first kappa shape index (κ1) is 24.0. The van der Waals surface area contributed by atoms with Crippen molar-refractivity contribution in [1.29, 1.82) is 0 Å². The van der Waals surface area contributed by atoms with Crippen molar-refractivity contribution in [3.63, 3.8) is 0 Å². The van der Waals surface area contributed by atoms with Crippen molar-refractivity contribution in [1.82, 2.24) is 25.0 Å². The third-order valence-electron chi connectivity index (χ3n) is 6.59. The Kier molecular flexibility index (Phi) is 7.25. The van der Waals surface area contributed by atoms with Gasteiger partial charge >= 0.3 is 0 Å². The van der Waals surface area contributed by atoms with Gasteiger partial charge < -0.3 is 19.0 Å². The number of hydrogen-bond donors (Lipinski definition) is 1. The van der Waals surface area contributed by atoms with Crippen LogP contribution < -0.4 is 5.32 Å². The Morgan fingerprint density at radius 3 is 2.67 bits per heavy atom. The quantitative estimate of drug-likeness (QED) is 0.406. The van der Waals surface area contributed by atoms with Crippen LogP contribution in [0, 0.1) is 6.92 Å². The standard InChI is InChI=1S/C28H31N5O3/c1-20-5-3-4-6-24(20)22-9-7-21(8-10-22)18-32-14-13-26-30-31-27(33(26)16-15-32)17-29-28(34)25-12-11-23(36-25)19-35-2/h3-12H,13-19H2,1-2H3,(H,29,34). The van der Waals surface area contributed by atoms with E-state index >= 15 is 0 Å². The highest BCUT2D eigenvalue weighted by Gasteiger charge is 2.20. The fourth-order valence-electron chi connectivity index (χ4n) is 4.63. The van der Waals surface area contributed by atoms with Crippen molar-refractivity contribution >= 4 is 5.91 Å². The number of nitrogens with zero attached hydrogens (tertiary/aromatic N) is 4. The molecule has 0 saturated heterocycles. The summed E-state index contributed by atoms with van der Waals surface area (Å²) in [5.74, 6) is 2.31. The minimum absolute atomic E-state index is 0.261. The van der Waals surface area contributed by atoms with Gasteiger partial charge in [-0.1, -0.05) is 48.5 Å². The molecule has 1 amide bonds. The van der Waals surface area contributed by atoms with Crippen molar-refractivity contribution < 1.29 is 13.9 Å². The number of carbonyl (C=O) groups is 1. The first-order valence-electron chi connectivity index (χ1n) is 12.2. The number of aromatic nitrogens is 3. The van der Waals surface area contributed by atoms with Crippen LogP contribution in [0.25, 0.3) is 11.1 Å². The van der Waals surface area contributed by atoms with Crippen molar-refractivity contribution in [3.8, 4) is 11.1 Å². The van der Waals surface area contributed by atoms with E-state index in [0.29, 0.717) is 18.9 Å². The fourth-order valence-corrected chi connectivity index (χ4v) is 4.63. The second kappa shape index (κ2) is 10.9. The van der Waals surface area contributed by atoms with Crippen LogP contribution in [0.4, 0.5) is 0 Å². The molecular weight excluding hydrogens is 454 g/mol. The number of nitrogens with one attached hydrogen (secondary N) is 1. The van der Waals surface area contributed by atoms with E-state index in [1.54, 1.807) is 19.2 Å². The summed E-state index contributed by atoms with van der Waals surface area (Å²) < 4.78 is 12.7. The maximum atomic E-state index is 12.5. The van der Waals surface area contributed by atoms with E-state index in [-0.39, 0.29) is 11.7 Å². The van der Waals surface area contributed by atoms with E-state index in [2.05, 4.69) is 80.4 Å². The summed E-state index contributed by atoms with van der Waals surface area (Å²) in [7, 11) is 1.59. The SMILES string of the molecule is COCc1ccc(C(=O)NCc2nnc3n2CCN(Cc2ccc(-c4ccccc4C)cc2)CC3)o1. The van der Waals surface area contributed by atoms with Crippen molar-refractivity contribution in [2.75, 3.05) is 20.2 Å². The maximum Gasteiger partial charge on any atom is 0.287 e. The van der Waals surface area contributed by atoms with Gasteiger partial charge in [0.1, 0.15) is 18.2 Å². The van der Waals surface area contributed by atoms with Crippen LogP contribution in [-0.2, 0) is 37.4 Å². The number of fused-ring (bicyclic) bond motifs is 1. The van der Waals surface area contributed by atoms with Crippen molar-refractivity contribution in [2.45, 2.75) is 39.6 Å². The van der Waals surface area contributed by atoms with Gasteiger partial charge in [0.2, 0.25) is 0 Å². The van der Waals surface area contributed by atoms with Gasteiger partial charge in [-0.05, 0) is 41.3 Å². The van der Waals surface area contributed by atoms with Crippen LogP contribution in [0.5, 0.6) is 0 Å². The highest BCUT2D eigenvalue weighted by atomic mass is 16.5. The van der Waals surface area contributed by atoms with Crippen molar-refractivity contribution in [2.24, 2.45) is 0 Å². The normalized spacial score (nSPS) is 13.8. The third kappa shape index (κ3) is 5.40. The summed E-state index contributed by atoms with van der Waals surface area (Å²) in [6.07, 6.45) is 0.820. The van der Waals surface area contributed by atoms with Gasteiger partial charge in [0, 0.05) is 39.7 Å². The molecule has 0 atom stereocenters. The first-order valence-corrected chi connectivity index (χ1v) is 12.2. The average Bonchev–Trinajstić information content (AvgIpc) is 3.47. The molecule has 0 unspecified atom stereocenters. The molecule has 0 bridgehead atoms. The summed E-state index contributed by atoms with van der Waals surface area (Å²) in [5, 5.41) is 11.6. The lowest BCUT2D eigenvalue weighted by Gasteiger charge is -2.20. The largest absolute Gasteiger partial charge is 0.453 e. The number of ether oxygens (including phenoxy) is 1. The zero-order valence-electron chi connectivity index (χ0n) is 20.7. The summed E-state index contributed by atoms with van der Waals surface area (Å²) >= 11 is 0. The zero-order valence-corrected chi connectivity index (χ0v) is 20.7. The van der Waals surface area contributed by atoms with Gasteiger partial charge in [-0.2, -0.15) is 0 Å². The maximum absolute atomic E-state index is 12.5. The average molecular weight is 486 g/mol. The lowest BCUT2D eigenvalue weighted by atomic mass is 9.99. The Balaban J connectivity index is 1.17. The lowest BCUT2D eigenvalue weighted by Crippen LogP contribution is -2.28. The van der Waals surface area contributed by atoms with E-state index in [0.717, 1.165) is 44.2 Å². The lowest BCUT2D eigenvalue weighted by molar-refractivity contribution is 0.0913.